The van der Waals surface area contributed by atoms with Crippen LogP contribution in [0.2, 0.25) is 5.15 Å². The van der Waals surface area contributed by atoms with Crippen molar-refractivity contribution in [3.63, 3.8) is 0 Å². The third-order valence-corrected chi connectivity index (χ3v) is 5.48. The number of fused-ring (bicyclic) bond motifs is 3. The Bertz CT molecular complexity index is 1150. The zero-order valence-electron chi connectivity index (χ0n) is 14.4. The fourth-order valence-electron chi connectivity index (χ4n) is 3.00. The van der Waals surface area contributed by atoms with Gasteiger partial charge in [-0.15, -0.1) is 0 Å². The molecule has 132 valence electrons. The number of benzene rings is 1. The summed E-state index contributed by atoms with van der Waals surface area (Å²) in [5.74, 6) is -0.0552. The topological polar surface area (TPSA) is 72.7 Å². The summed E-state index contributed by atoms with van der Waals surface area (Å²) < 4.78 is 1.91. The van der Waals surface area contributed by atoms with Gasteiger partial charge in [0, 0.05) is 19.5 Å². The van der Waals surface area contributed by atoms with Crippen molar-refractivity contribution in [2.75, 3.05) is 0 Å². The Morgan fingerprint density at radius 2 is 2.12 bits per heavy atom. The van der Waals surface area contributed by atoms with Crippen molar-refractivity contribution in [3.05, 3.63) is 41.3 Å². The van der Waals surface area contributed by atoms with Gasteiger partial charge in [-0.05, 0) is 18.6 Å². The zero-order valence-corrected chi connectivity index (χ0v) is 16.0. The lowest BCUT2D eigenvalue weighted by Gasteiger charge is -2.13. The molecule has 0 spiro atoms. The summed E-state index contributed by atoms with van der Waals surface area (Å²) in [5.41, 5.74) is 4.34. The number of carbonyl (C=O) groups excluding carboxylic acids is 1. The van der Waals surface area contributed by atoms with Crippen LogP contribution in [-0.4, -0.2) is 25.4 Å². The highest BCUT2D eigenvalue weighted by Gasteiger charge is 2.17. The quantitative estimate of drug-likeness (QED) is 0.539. The molecule has 4 aromatic rings. The number of halogens is 1. The van der Waals surface area contributed by atoms with Crippen molar-refractivity contribution in [1.29, 1.82) is 0 Å². The van der Waals surface area contributed by atoms with Crippen LogP contribution in [0.3, 0.4) is 0 Å². The average Bonchev–Trinajstić information content (AvgIpc) is 3.18. The van der Waals surface area contributed by atoms with Crippen molar-refractivity contribution in [2.24, 2.45) is 7.05 Å². The van der Waals surface area contributed by atoms with Gasteiger partial charge in [0.15, 0.2) is 5.15 Å². The number of aryl methyl sites for hydroxylation is 1. The van der Waals surface area contributed by atoms with Gasteiger partial charge < -0.3 is 9.88 Å². The number of imidazole rings is 1. The maximum absolute atomic E-state index is 11.3. The number of nitrogens with zero attached hydrogens (tertiary/aromatic N) is 4. The van der Waals surface area contributed by atoms with Gasteiger partial charge >= 0.3 is 0 Å². The second-order valence-electron chi connectivity index (χ2n) is 6.18. The molecule has 0 saturated heterocycles. The first-order valence-electron chi connectivity index (χ1n) is 8.08. The molecule has 0 aliphatic carbocycles. The molecule has 0 unspecified atom stereocenters. The number of rotatable bonds is 3. The van der Waals surface area contributed by atoms with Crippen molar-refractivity contribution >= 4 is 50.2 Å². The van der Waals surface area contributed by atoms with E-state index in [1.807, 2.05) is 42.8 Å². The highest BCUT2D eigenvalue weighted by molar-refractivity contribution is 7.21. The van der Waals surface area contributed by atoms with E-state index in [0.29, 0.717) is 10.7 Å². The van der Waals surface area contributed by atoms with Gasteiger partial charge in [-0.25, -0.2) is 15.0 Å². The molecule has 0 aliphatic rings. The minimum atomic E-state index is -0.0711. The molecule has 26 heavy (non-hydrogen) atoms. The summed E-state index contributed by atoms with van der Waals surface area (Å²) in [6, 6.07) is 7.93. The van der Waals surface area contributed by atoms with Crippen LogP contribution in [0.1, 0.15) is 25.5 Å². The van der Waals surface area contributed by atoms with Crippen molar-refractivity contribution in [1.82, 2.24) is 24.8 Å². The van der Waals surface area contributed by atoms with Gasteiger partial charge in [-0.1, -0.05) is 41.1 Å². The lowest BCUT2D eigenvalue weighted by molar-refractivity contribution is -0.119. The monoisotopic (exact) mass is 385 g/mol. The number of hydrogen-bond acceptors (Lipinski definition) is 5. The van der Waals surface area contributed by atoms with Crippen LogP contribution in [-0.2, 0) is 11.8 Å². The standard InChI is InChI=1S/C18H16ClN5OS/c1-9(21-10(2)25)11-5-4-6-12(7-11)17-22-14-15-13(20-8-24(15)3)16(19)23-18(14)26-17/h4-9H,1-3H3,(H,21,25)/t9-/m0/s1. The van der Waals surface area contributed by atoms with E-state index in [-0.39, 0.29) is 11.9 Å². The Morgan fingerprint density at radius 1 is 1.31 bits per heavy atom. The summed E-state index contributed by atoms with van der Waals surface area (Å²) in [5, 5.41) is 4.14. The zero-order chi connectivity index (χ0) is 18.4. The molecule has 0 saturated carbocycles. The molecular weight excluding hydrogens is 370 g/mol. The van der Waals surface area contributed by atoms with Crippen molar-refractivity contribution in [2.45, 2.75) is 19.9 Å². The Morgan fingerprint density at radius 3 is 2.88 bits per heavy atom. The molecule has 1 amide bonds. The molecule has 1 aromatic carbocycles. The summed E-state index contributed by atoms with van der Waals surface area (Å²) in [6.07, 6.45) is 1.71. The number of carbonyl (C=O) groups is 1. The highest BCUT2D eigenvalue weighted by atomic mass is 35.5. The van der Waals surface area contributed by atoms with E-state index in [0.717, 1.165) is 32.0 Å². The highest BCUT2D eigenvalue weighted by Crippen LogP contribution is 2.35. The number of nitrogens with one attached hydrogen (secondary N) is 1. The van der Waals surface area contributed by atoms with Crippen LogP contribution in [0.25, 0.3) is 32.0 Å². The van der Waals surface area contributed by atoms with Crippen LogP contribution in [0.15, 0.2) is 30.6 Å². The van der Waals surface area contributed by atoms with E-state index >= 15 is 0 Å². The smallest absolute Gasteiger partial charge is 0.217 e. The second-order valence-corrected chi connectivity index (χ2v) is 7.51. The fraction of sp³-hybridized carbons (Fsp3) is 0.222. The van der Waals surface area contributed by atoms with Gasteiger partial charge in [0.1, 0.15) is 26.4 Å². The predicted molar refractivity (Wildman–Crippen MR) is 104 cm³/mol. The van der Waals surface area contributed by atoms with Gasteiger partial charge in [0.05, 0.1) is 12.4 Å². The van der Waals surface area contributed by atoms with E-state index in [2.05, 4.69) is 15.3 Å². The number of thiazole rings is 1. The van der Waals surface area contributed by atoms with Gasteiger partial charge in [0.25, 0.3) is 0 Å². The summed E-state index contributed by atoms with van der Waals surface area (Å²) in [4.78, 5) is 25.6. The molecule has 3 heterocycles. The molecular formula is C18H16ClN5OS. The van der Waals surface area contributed by atoms with E-state index in [9.17, 15) is 4.79 Å². The number of aromatic nitrogens is 4. The van der Waals surface area contributed by atoms with Crippen LogP contribution < -0.4 is 5.32 Å². The Balaban J connectivity index is 1.84. The van der Waals surface area contributed by atoms with Crippen LogP contribution >= 0.6 is 22.9 Å². The lowest BCUT2D eigenvalue weighted by atomic mass is 10.1. The Labute approximate surface area is 158 Å². The SMILES string of the molecule is CC(=O)N[C@@H](C)c1cccc(-c2nc3c(nc(Cl)c4ncn(C)c43)s2)c1. The number of amides is 1. The maximum atomic E-state index is 11.3. The van der Waals surface area contributed by atoms with Crippen LogP contribution in [0.5, 0.6) is 0 Å². The third-order valence-electron chi connectivity index (χ3n) is 4.22. The molecule has 1 atom stereocenters. The van der Waals surface area contributed by atoms with E-state index in [4.69, 9.17) is 16.6 Å². The first kappa shape index (κ1) is 16.9. The number of pyridine rings is 1. The molecule has 6 nitrogen and oxygen atoms in total. The second kappa shape index (κ2) is 6.34. The normalized spacial score (nSPS) is 12.6. The molecule has 0 fully saturated rings. The first-order chi connectivity index (χ1) is 12.4. The van der Waals surface area contributed by atoms with Gasteiger partial charge in [-0.3, -0.25) is 4.79 Å². The molecule has 0 bridgehead atoms. The Hall–Kier alpha value is -2.51. The lowest BCUT2D eigenvalue weighted by Crippen LogP contribution is -2.23. The van der Waals surface area contributed by atoms with E-state index in [1.54, 1.807) is 6.33 Å². The summed E-state index contributed by atoms with van der Waals surface area (Å²) >= 11 is 7.76. The summed E-state index contributed by atoms with van der Waals surface area (Å²) in [6.45, 7) is 3.47. The molecule has 4 rings (SSSR count). The molecule has 8 heteroatoms. The molecule has 3 aromatic heterocycles. The van der Waals surface area contributed by atoms with Gasteiger partial charge in [0.2, 0.25) is 5.91 Å². The van der Waals surface area contributed by atoms with Gasteiger partial charge in [-0.2, -0.15) is 0 Å². The van der Waals surface area contributed by atoms with Crippen molar-refractivity contribution < 1.29 is 4.79 Å². The molecule has 1 N–H and O–H groups in total. The molecule has 0 radical (unpaired) electrons. The summed E-state index contributed by atoms with van der Waals surface area (Å²) in [7, 11) is 1.92. The van der Waals surface area contributed by atoms with E-state index < -0.39 is 0 Å². The van der Waals surface area contributed by atoms with Crippen molar-refractivity contribution in [3.8, 4) is 10.6 Å². The predicted octanol–water partition coefficient (Wildman–Crippen LogP) is 4.10. The minimum absolute atomic E-state index is 0.0552. The maximum Gasteiger partial charge on any atom is 0.217 e. The third kappa shape index (κ3) is 2.83. The van der Waals surface area contributed by atoms with E-state index in [1.165, 1.54) is 18.3 Å². The molecule has 0 aliphatic heterocycles. The van der Waals surface area contributed by atoms with Crippen LogP contribution in [0, 0.1) is 0 Å². The number of hydrogen-bond donors (Lipinski definition) is 1. The first-order valence-corrected chi connectivity index (χ1v) is 9.28. The minimum Gasteiger partial charge on any atom is -0.350 e. The Kier molecular flexibility index (Phi) is 4.13. The van der Waals surface area contributed by atoms with Crippen LogP contribution in [0.4, 0.5) is 0 Å². The fourth-order valence-corrected chi connectivity index (χ4v) is 4.21. The average molecular weight is 386 g/mol. The largest absolute Gasteiger partial charge is 0.350 e.